The summed E-state index contributed by atoms with van der Waals surface area (Å²) in [6.45, 7) is 6.64. The van der Waals surface area contributed by atoms with E-state index in [2.05, 4.69) is 27.3 Å². The van der Waals surface area contributed by atoms with Crippen LogP contribution in [-0.4, -0.2) is 34.1 Å². The number of nitrogens with zero attached hydrogens (tertiary/aromatic N) is 3. The minimum atomic E-state index is -0.564. The van der Waals surface area contributed by atoms with Crippen molar-refractivity contribution in [2.24, 2.45) is 0 Å². The number of hydrogen-bond donors (Lipinski definition) is 2. The van der Waals surface area contributed by atoms with Gasteiger partial charge in [0, 0.05) is 25.0 Å². The lowest BCUT2D eigenvalue weighted by atomic mass is 9.95. The van der Waals surface area contributed by atoms with E-state index in [-0.39, 0.29) is 11.6 Å². The molecule has 0 atom stereocenters. The third kappa shape index (κ3) is 5.00. The van der Waals surface area contributed by atoms with Gasteiger partial charge >= 0.3 is 0 Å². The van der Waals surface area contributed by atoms with Crippen LogP contribution in [-0.2, 0) is 4.84 Å². The summed E-state index contributed by atoms with van der Waals surface area (Å²) in [6.07, 6.45) is 10.4. The molecule has 1 aliphatic rings. The summed E-state index contributed by atoms with van der Waals surface area (Å²) >= 11 is 0. The number of anilines is 1. The smallest absolute Gasteiger partial charge is 0.280 e. The van der Waals surface area contributed by atoms with E-state index < -0.39 is 11.3 Å². The monoisotopic (exact) mass is 399 g/mol. The predicted octanol–water partition coefficient (Wildman–Crippen LogP) is 3.36. The number of aromatic nitrogens is 3. The van der Waals surface area contributed by atoms with Gasteiger partial charge in [0.1, 0.15) is 11.2 Å². The topological polar surface area (TPSA) is 98.1 Å². The third-order valence-corrected chi connectivity index (χ3v) is 5.24. The summed E-state index contributed by atoms with van der Waals surface area (Å²) in [6, 6.07) is 0.201. The number of rotatable bonds is 8. The summed E-state index contributed by atoms with van der Waals surface area (Å²) < 4.78 is 1.97. The summed E-state index contributed by atoms with van der Waals surface area (Å²) in [5.41, 5.74) is 3.59. The Bertz CT molecular complexity index is 947. The molecule has 0 spiro atoms. The molecule has 0 radical (unpaired) electrons. The van der Waals surface area contributed by atoms with Gasteiger partial charge in [-0.2, -0.15) is 4.98 Å². The summed E-state index contributed by atoms with van der Waals surface area (Å²) in [4.78, 5) is 38.8. The second kappa shape index (κ2) is 9.65. The maximum atomic E-state index is 12.9. The average molecular weight is 399 g/mol. The first-order chi connectivity index (χ1) is 14.0. The van der Waals surface area contributed by atoms with Gasteiger partial charge in [0.15, 0.2) is 0 Å². The molecule has 1 amide bonds. The number of hydroxylamine groups is 1. The molecule has 0 aliphatic heterocycles. The lowest BCUT2D eigenvalue weighted by Crippen LogP contribution is -2.30. The zero-order valence-corrected chi connectivity index (χ0v) is 17.2. The van der Waals surface area contributed by atoms with Crippen molar-refractivity contribution in [3.63, 3.8) is 0 Å². The van der Waals surface area contributed by atoms with Gasteiger partial charge < -0.3 is 9.88 Å². The Hall–Kier alpha value is -2.74. The van der Waals surface area contributed by atoms with E-state index in [1.807, 2.05) is 11.5 Å². The molecule has 2 heterocycles. The zero-order chi connectivity index (χ0) is 20.8. The number of carbonyl (C=O) groups excluding carboxylic acids is 1. The Morgan fingerprint density at radius 1 is 1.34 bits per heavy atom. The molecular formula is C21H29N5O3. The van der Waals surface area contributed by atoms with Crippen molar-refractivity contribution in [2.45, 2.75) is 57.9 Å². The van der Waals surface area contributed by atoms with Crippen molar-refractivity contribution in [2.75, 3.05) is 19.0 Å². The molecule has 8 nitrogen and oxygen atoms in total. The molecule has 0 aromatic carbocycles. The quantitative estimate of drug-likeness (QED) is 0.401. The van der Waals surface area contributed by atoms with Gasteiger partial charge in [0.25, 0.3) is 5.91 Å². The molecule has 0 unspecified atom stereocenters. The highest BCUT2D eigenvalue weighted by Crippen LogP contribution is 2.30. The maximum Gasteiger partial charge on any atom is 0.280 e. The minimum absolute atomic E-state index is 0.0377. The minimum Gasteiger partial charge on any atom is -0.354 e. The van der Waals surface area contributed by atoms with Gasteiger partial charge in [-0.3, -0.25) is 14.4 Å². The van der Waals surface area contributed by atoms with Gasteiger partial charge in [0.05, 0.1) is 12.5 Å². The van der Waals surface area contributed by atoms with E-state index in [0.717, 1.165) is 50.6 Å². The molecule has 2 aromatic rings. The number of fused-ring (bicyclic) bond motifs is 1. The predicted molar refractivity (Wildman–Crippen MR) is 113 cm³/mol. The fourth-order valence-corrected chi connectivity index (χ4v) is 3.76. The Balaban J connectivity index is 2.00. The van der Waals surface area contributed by atoms with Crippen LogP contribution >= 0.6 is 0 Å². The number of allylic oxidation sites excluding steroid dienone is 1. The molecule has 2 N–H and O–H groups in total. The Morgan fingerprint density at radius 2 is 2.10 bits per heavy atom. The van der Waals surface area contributed by atoms with Crippen LogP contribution < -0.4 is 16.2 Å². The first-order valence-electron chi connectivity index (χ1n) is 10.1. The van der Waals surface area contributed by atoms with Crippen LogP contribution in [0, 0.1) is 0 Å². The Morgan fingerprint density at radius 3 is 2.79 bits per heavy atom. The van der Waals surface area contributed by atoms with E-state index >= 15 is 0 Å². The van der Waals surface area contributed by atoms with Gasteiger partial charge in [0.2, 0.25) is 11.4 Å². The molecule has 8 heteroatoms. The van der Waals surface area contributed by atoms with Crippen LogP contribution in [0.15, 0.2) is 29.3 Å². The fraction of sp³-hybridized carbons (Fsp3) is 0.524. The molecule has 1 saturated carbocycles. The van der Waals surface area contributed by atoms with Crippen LogP contribution in [0.1, 0.15) is 68.3 Å². The van der Waals surface area contributed by atoms with Crippen molar-refractivity contribution >= 4 is 22.9 Å². The zero-order valence-electron chi connectivity index (χ0n) is 17.2. The van der Waals surface area contributed by atoms with Crippen molar-refractivity contribution in [1.29, 1.82) is 0 Å². The SMILES string of the molecule is C=C(C)CCCNc1ncc2c(=O)c(C(=O)NOC)cn(C3CCCCC3)c2n1. The maximum absolute atomic E-state index is 12.9. The van der Waals surface area contributed by atoms with E-state index in [1.54, 1.807) is 6.20 Å². The molecule has 1 fully saturated rings. The van der Waals surface area contributed by atoms with Crippen molar-refractivity contribution in [1.82, 2.24) is 20.0 Å². The lowest BCUT2D eigenvalue weighted by Gasteiger charge is -2.26. The molecule has 0 bridgehead atoms. The van der Waals surface area contributed by atoms with E-state index in [4.69, 9.17) is 4.84 Å². The fourth-order valence-electron chi connectivity index (χ4n) is 3.76. The molecule has 2 aromatic heterocycles. The molecule has 156 valence electrons. The number of amides is 1. The highest BCUT2D eigenvalue weighted by atomic mass is 16.6. The molecule has 29 heavy (non-hydrogen) atoms. The van der Waals surface area contributed by atoms with Crippen LogP contribution in [0.4, 0.5) is 5.95 Å². The van der Waals surface area contributed by atoms with Gasteiger partial charge in [-0.1, -0.05) is 24.8 Å². The average Bonchev–Trinajstić information content (AvgIpc) is 2.72. The van der Waals surface area contributed by atoms with E-state index in [9.17, 15) is 9.59 Å². The molecule has 3 rings (SSSR count). The summed E-state index contributed by atoms with van der Waals surface area (Å²) in [5, 5.41) is 3.56. The van der Waals surface area contributed by atoms with Gasteiger partial charge in [-0.05, 0) is 32.6 Å². The highest BCUT2D eigenvalue weighted by Gasteiger charge is 2.22. The number of nitrogens with one attached hydrogen (secondary N) is 2. The van der Waals surface area contributed by atoms with Crippen LogP contribution in [0.2, 0.25) is 0 Å². The third-order valence-electron chi connectivity index (χ3n) is 5.24. The van der Waals surface area contributed by atoms with E-state index in [1.165, 1.54) is 19.7 Å². The summed E-state index contributed by atoms with van der Waals surface area (Å²) in [5.74, 6) is -0.0803. The Kier molecular flexibility index (Phi) is 6.98. The largest absolute Gasteiger partial charge is 0.354 e. The normalized spacial score (nSPS) is 14.7. The molecule has 0 saturated heterocycles. The van der Waals surface area contributed by atoms with Crippen molar-refractivity contribution in [3.05, 3.63) is 40.3 Å². The number of hydrogen-bond acceptors (Lipinski definition) is 6. The second-order valence-electron chi connectivity index (χ2n) is 7.62. The molecular weight excluding hydrogens is 370 g/mol. The molecule has 1 aliphatic carbocycles. The first kappa shape index (κ1) is 21.0. The van der Waals surface area contributed by atoms with Crippen LogP contribution in [0.25, 0.3) is 11.0 Å². The van der Waals surface area contributed by atoms with Gasteiger partial charge in [-0.15, -0.1) is 6.58 Å². The first-order valence-corrected chi connectivity index (χ1v) is 10.1. The standard InChI is InChI=1S/C21H29N5O3/c1-14(2)8-7-11-22-21-23-12-16-18(27)17(20(28)25-29-3)13-26(19(16)24-21)15-9-5-4-6-10-15/h12-13,15H,1,4-11H2,2-3H3,(H,25,28)(H,22,23,24). The van der Waals surface area contributed by atoms with Gasteiger partial charge in [-0.25, -0.2) is 10.5 Å². The second-order valence-corrected chi connectivity index (χ2v) is 7.62. The number of pyridine rings is 1. The highest BCUT2D eigenvalue weighted by molar-refractivity contribution is 5.96. The number of carbonyl (C=O) groups is 1. The van der Waals surface area contributed by atoms with Crippen LogP contribution in [0.3, 0.4) is 0 Å². The van der Waals surface area contributed by atoms with Crippen LogP contribution in [0.5, 0.6) is 0 Å². The lowest BCUT2D eigenvalue weighted by molar-refractivity contribution is 0.0535. The van der Waals surface area contributed by atoms with Crippen molar-refractivity contribution < 1.29 is 9.63 Å². The Labute approximate surface area is 170 Å². The van der Waals surface area contributed by atoms with Crippen molar-refractivity contribution in [3.8, 4) is 0 Å². The van der Waals surface area contributed by atoms with E-state index in [0.29, 0.717) is 17.0 Å². The summed E-state index contributed by atoms with van der Waals surface area (Å²) in [7, 11) is 1.34.